The Morgan fingerprint density at radius 2 is 2.12 bits per heavy atom. The number of thiocarbonyl (C=S) groups is 1. The number of imidazole rings is 1. The van der Waals surface area contributed by atoms with Gasteiger partial charge in [0.25, 0.3) is 0 Å². The van der Waals surface area contributed by atoms with Crippen molar-refractivity contribution >= 4 is 33.9 Å². The van der Waals surface area contributed by atoms with Crippen molar-refractivity contribution in [3.63, 3.8) is 0 Å². The summed E-state index contributed by atoms with van der Waals surface area (Å²) in [6, 6.07) is 7.94. The van der Waals surface area contributed by atoms with Crippen LogP contribution in [0.4, 0.5) is 5.69 Å². The van der Waals surface area contributed by atoms with Crippen LogP contribution in [0.5, 0.6) is 5.75 Å². The highest BCUT2D eigenvalue weighted by atomic mass is 32.1. The number of hydrogen-bond donors (Lipinski definition) is 1. The molecule has 0 saturated carbocycles. The molecule has 2 heterocycles. The largest absolute Gasteiger partial charge is 0.491 e. The average molecular weight is 369 g/mol. The number of hydrogen-bond acceptors (Lipinski definition) is 4. The highest BCUT2D eigenvalue weighted by molar-refractivity contribution is 7.80. The molecule has 0 aliphatic carbocycles. The van der Waals surface area contributed by atoms with E-state index in [2.05, 4.69) is 26.8 Å². The lowest BCUT2D eigenvalue weighted by Gasteiger charge is -2.15. The van der Waals surface area contributed by atoms with Gasteiger partial charge in [0.1, 0.15) is 11.6 Å². The third kappa shape index (κ3) is 3.85. The number of nitrogens with one attached hydrogen (secondary N) is 1. The Bertz CT molecular complexity index is 933. The topological polar surface area (TPSA) is 52.0 Å². The van der Waals surface area contributed by atoms with Gasteiger partial charge in [-0.1, -0.05) is 18.3 Å². The second-order valence-electron chi connectivity index (χ2n) is 6.45. The van der Waals surface area contributed by atoms with Crippen molar-refractivity contribution in [1.82, 2.24) is 14.5 Å². The van der Waals surface area contributed by atoms with Gasteiger partial charge in [-0.25, -0.2) is 4.98 Å². The average Bonchev–Trinajstić information content (AvgIpc) is 2.92. The van der Waals surface area contributed by atoms with E-state index in [-0.39, 0.29) is 6.10 Å². The normalized spacial score (nSPS) is 11.1. The summed E-state index contributed by atoms with van der Waals surface area (Å²) in [5, 5.41) is 3.39. The van der Waals surface area contributed by atoms with Crippen LogP contribution in [-0.2, 0) is 13.0 Å². The summed E-state index contributed by atoms with van der Waals surface area (Å²) in [6.07, 6.45) is 4.22. The van der Waals surface area contributed by atoms with Gasteiger partial charge in [0, 0.05) is 30.9 Å². The molecule has 0 radical (unpaired) electrons. The predicted molar refractivity (Wildman–Crippen MR) is 110 cm³/mol. The number of pyridine rings is 1. The molecule has 6 heteroatoms. The molecule has 26 heavy (non-hydrogen) atoms. The highest BCUT2D eigenvalue weighted by Crippen LogP contribution is 2.26. The van der Waals surface area contributed by atoms with E-state index in [4.69, 9.17) is 17.0 Å². The Morgan fingerprint density at radius 1 is 1.31 bits per heavy atom. The molecule has 0 unspecified atom stereocenters. The molecule has 0 atom stereocenters. The highest BCUT2D eigenvalue weighted by Gasteiger charge is 2.13. The fourth-order valence-electron chi connectivity index (χ4n) is 3.07. The number of para-hydroxylation sites is 1. The molecule has 3 rings (SSSR count). The van der Waals surface area contributed by atoms with Crippen LogP contribution in [0.25, 0.3) is 11.0 Å². The van der Waals surface area contributed by atoms with Crippen molar-refractivity contribution in [3.05, 3.63) is 48.0 Å². The molecular formula is C20H24N4OS. The molecular weight excluding hydrogens is 344 g/mol. The van der Waals surface area contributed by atoms with Crippen molar-refractivity contribution in [1.29, 1.82) is 0 Å². The van der Waals surface area contributed by atoms with E-state index in [9.17, 15) is 0 Å². The van der Waals surface area contributed by atoms with Gasteiger partial charge in [-0.05, 0) is 45.9 Å². The fourth-order valence-corrected chi connectivity index (χ4v) is 3.34. The van der Waals surface area contributed by atoms with E-state index in [1.807, 2.05) is 51.2 Å². The molecule has 5 nitrogen and oxygen atoms in total. The fraction of sp³-hybridized carbons (Fsp3) is 0.350. The second-order valence-corrected chi connectivity index (χ2v) is 6.94. The van der Waals surface area contributed by atoms with Gasteiger partial charge >= 0.3 is 0 Å². The minimum atomic E-state index is 0.105. The van der Waals surface area contributed by atoms with Crippen LogP contribution in [0, 0.1) is 6.92 Å². The smallest absolute Gasteiger partial charge is 0.126 e. The van der Waals surface area contributed by atoms with Crippen molar-refractivity contribution < 1.29 is 4.74 Å². The number of anilines is 1. The molecule has 136 valence electrons. The standard InChI is InChI=1S/C20H24N4OS/c1-5-24-14(4)22-16-7-6-8-17(20(16)24)23-19(26)11-15-12-21-10-9-18(15)25-13(2)3/h6-10,12-13H,5,11H2,1-4H3,(H,23,26). The minimum Gasteiger partial charge on any atom is -0.491 e. The van der Waals surface area contributed by atoms with Gasteiger partial charge in [0.15, 0.2) is 0 Å². The van der Waals surface area contributed by atoms with E-state index >= 15 is 0 Å². The van der Waals surface area contributed by atoms with Crippen molar-refractivity contribution in [2.45, 2.75) is 46.8 Å². The predicted octanol–water partition coefficient (Wildman–Crippen LogP) is 4.53. The molecule has 3 aromatic rings. The first-order valence-electron chi connectivity index (χ1n) is 8.84. The first kappa shape index (κ1) is 18.3. The number of ether oxygens (including phenoxy) is 1. The van der Waals surface area contributed by atoms with Gasteiger partial charge in [0.2, 0.25) is 0 Å². The van der Waals surface area contributed by atoms with Gasteiger partial charge < -0.3 is 14.6 Å². The third-order valence-corrected chi connectivity index (χ3v) is 4.37. The number of rotatable bonds is 6. The Balaban J connectivity index is 1.85. The summed E-state index contributed by atoms with van der Waals surface area (Å²) in [6.45, 7) is 9.03. The van der Waals surface area contributed by atoms with Crippen LogP contribution in [-0.4, -0.2) is 25.6 Å². The van der Waals surface area contributed by atoms with Crippen molar-refractivity contribution in [2.75, 3.05) is 5.32 Å². The summed E-state index contributed by atoms with van der Waals surface area (Å²) in [5.41, 5.74) is 4.01. The van der Waals surface area contributed by atoms with E-state index in [0.29, 0.717) is 6.42 Å². The maximum atomic E-state index is 5.86. The molecule has 0 bridgehead atoms. The van der Waals surface area contributed by atoms with Gasteiger partial charge in [-0.3, -0.25) is 4.98 Å². The Hall–Kier alpha value is -2.47. The van der Waals surface area contributed by atoms with Crippen LogP contribution in [0.2, 0.25) is 0 Å². The van der Waals surface area contributed by atoms with Crippen LogP contribution in [0.15, 0.2) is 36.7 Å². The number of aryl methyl sites for hydroxylation is 2. The molecule has 0 amide bonds. The minimum absolute atomic E-state index is 0.105. The molecule has 2 aromatic heterocycles. The zero-order chi connectivity index (χ0) is 18.7. The maximum absolute atomic E-state index is 5.86. The van der Waals surface area contributed by atoms with Gasteiger partial charge in [-0.15, -0.1) is 0 Å². The molecule has 0 saturated heterocycles. The molecule has 0 aliphatic heterocycles. The monoisotopic (exact) mass is 368 g/mol. The molecule has 0 aliphatic rings. The van der Waals surface area contributed by atoms with E-state index in [0.717, 1.165) is 45.4 Å². The number of benzene rings is 1. The SMILES string of the molecule is CCn1c(C)nc2cccc(NC(=S)Cc3cnccc3OC(C)C)c21. The van der Waals surface area contributed by atoms with Crippen LogP contribution in [0.3, 0.4) is 0 Å². The van der Waals surface area contributed by atoms with Crippen LogP contribution < -0.4 is 10.1 Å². The Kier molecular flexibility index (Phi) is 5.52. The second kappa shape index (κ2) is 7.83. The zero-order valence-corrected chi connectivity index (χ0v) is 16.4. The van der Waals surface area contributed by atoms with Crippen LogP contribution >= 0.6 is 12.2 Å². The summed E-state index contributed by atoms with van der Waals surface area (Å²) in [7, 11) is 0. The molecule has 1 N–H and O–H groups in total. The lowest BCUT2D eigenvalue weighted by molar-refractivity contribution is 0.240. The van der Waals surface area contributed by atoms with Gasteiger partial charge in [0.05, 0.1) is 27.8 Å². The first-order chi connectivity index (χ1) is 12.5. The first-order valence-corrected chi connectivity index (χ1v) is 9.25. The molecule has 0 fully saturated rings. The zero-order valence-electron chi connectivity index (χ0n) is 15.6. The summed E-state index contributed by atoms with van der Waals surface area (Å²) in [5.74, 6) is 1.83. The quantitative estimate of drug-likeness (QED) is 0.648. The number of nitrogens with zero attached hydrogens (tertiary/aromatic N) is 3. The maximum Gasteiger partial charge on any atom is 0.126 e. The van der Waals surface area contributed by atoms with E-state index in [1.165, 1.54) is 0 Å². The lowest BCUT2D eigenvalue weighted by Crippen LogP contribution is -2.15. The molecule has 0 spiro atoms. The Labute approximate surface area is 159 Å². The number of aromatic nitrogens is 3. The molecule has 1 aromatic carbocycles. The van der Waals surface area contributed by atoms with Gasteiger partial charge in [-0.2, -0.15) is 0 Å². The van der Waals surface area contributed by atoms with E-state index < -0.39 is 0 Å². The summed E-state index contributed by atoms with van der Waals surface area (Å²) < 4.78 is 8.06. The Morgan fingerprint density at radius 3 is 2.85 bits per heavy atom. The summed E-state index contributed by atoms with van der Waals surface area (Å²) in [4.78, 5) is 9.57. The lowest BCUT2D eigenvalue weighted by atomic mass is 10.2. The summed E-state index contributed by atoms with van der Waals surface area (Å²) >= 11 is 5.62. The number of fused-ring (bicyclic) bond motifs is 1. The van der Waals surface area contributed by atoms with Crippen molar-refractivity contribution in [2.24, 2.45) is 0 Å². The van der Waals surface area contributed by atoms with Crippen molar-refractivity contribution in [3.8, 4) is 5.75 Å². The van der Waals surface area contributed by atoms with Crippen LogP contribution in [0.1, 0.15) is 32.2 Å². The van der Waals surface area contributed by atoms with E-state index in [1.54, 1.807) is 6.20 Å². The third-order valence-electron chi connectivity index (χ3n) is 4.12.